The highest BCUT2D eigenvalue weighted by Gasteiger charge is 2.22. The third kappa shape index (κ3) is 2.96. The Hall–Kier alpha value is -4.76. The Morgan fingerprint density at radius 2 is 0.857 bits per heavy atom. The summed E-state index contributed by atoms with van der Waals surface area (Å²) in [5, 5.41) is 13.4. The molecule has 10 rings (SSSR count). The van der Waals surface area contributed by atoms with Crippen LogP contribution in [0.1, 0.15) is 0 Å². The van der Waals surface area contributed by atoms with Crippen molar-refractivity contribution >= 4 is 95.3 Å². The molecule has 0 spiro atoms. The van der Waals surface area contributed by atoms with E-state index in [-0.39, 0.29) is 0 Å². The number of thiophene rings is 2. The number of rotatable bonds is 2. The molecular weight excluding hydrogens is 545 g/mol. The van der Waals surface area contributed by atoms with Crippen LogP contribution in [0.5, 0.6) is 0 Å². The molecule has 0 amide bonds. The second-order valence-electron chi connectivity index (χ2n) is 11.2. The molecule has 10 aromatic rings. The van der Waals surface area contributed by atoms with Crippen LogP contribution in [-0.2, 0) is 0 Å². The third-order valence-corrected chi connectivity index (χ3v) is 11.4. The molecule has 2 aromatic heterocycles. The van der Waals surface area contributed by atoms with Crippen LogP contribution >= 0.6 is 22.7 Å². The molecule has 0 unspecified atom stereocenters. The van der Waals surface area contributed by atoms with Gasteiger partial charge in [-0.05, 0) is 73.3 Å². The van der Waals surface area contributed by atoms with Gasteiger partial charge in [0.1, 0.15) is 0 Å². The van der Waals surface area contributed by atoms with Crippen molar-refractivity contribution in [1.82, 2.24) is 0 Å². The highest BCUT2D eigenvalue weighted by Crippen LogP contribution is 2.51. The fourth-order valence-electron chi connectivity index (χ4n) is 7.33. The molecule has 0 saturated carbocycles. The molecule has 0 aliphatic carbocycles. The molecule has 8 aromatic carbocycles. The highest BCUT2D eigenvalue weighted by molar-refractivity contribution is 7.26. The van der Waals surface area contributed by atoms with E-state index in [9.17, 15) is 0 Å². The predicted molar refractivity (Wildman–Crippen MR) is 187 cm³/mol. The summed E-state index contributed by atoms with van der Waals surface area (Å²) in [5.41, 5.74) is 5.29. The lowest BCUT2D eigenvalue weighted by Crippen LogP contribution is -1.92. The van der Waals surface area contributed by atoms with Gasteiger partial charge in [0.05, 0.1) is 0 Å². The number of hydrogen-bond acceptors (Lipinski definition) is 2. The van der Waals surface area contributed by atoms with Gasteiger partial charge in [-0.2, -0.15) is 0 Å². The maximum atomic E-state index is 2.44. The van der Waals surface area contributed by atoms with E-state index in [1.807, 2.05) is 22.7 Å². The van der Waals surface area contributed by atoms with E-state index in [0.717, 1.165) is 0 Å². The normalized spacial score (nSPS) is 12.3. The summed E-state index contributed by atoms with van der Waals surface area (Å²) in [7, 11) is 0. The smallest absolute Gasteiger partial charge is 0.0434 e. The topological polar surface area (TPSA) is 0 Å². The first-order valence-electron chi connectivity index (χ1n) is 14.4. The second kappa shape index (κ2) is 8.39. The van der Waals surface area contributed by atoms with Crippen LogP contribution < -0.4 is 0 Å². The molecule has 2 heterocycles. The minimum Gasteiger partial charge on any atom is -0.135 e. The summed E-state index contributed by atoms with van der Waals surface area (Å²) in [6.07, 6.45) is 0. The van der Waals surface area contributed by atoms with E-state index in [1.54, 1.807) is 0 Å². The zero-order valence-corrected chi connectivity index (χ0v) is 24.2. The Balaban J connectivity index is 1.40. The first-order chi connectivity index (χ1) is 20.8. The van der Waals surface area contributed by atoms with Crippen LogP contribution in [0.2, 0.25) is 0 Å². The van der Waals surface area contributed by atoms with Crippen molar-refractivity contribution < 1.29 is 0 Å². The van der Waals surface area contributed by atoms with Crippen LogP contribution in [0, 0.1) is 0 Å². The van der Waals surface area contributed by atoms with Gasteiger partial charge in [-0.3, -0.25) is 0 Å². The fraction of sp³-hybridized carbons (Fsp3) is 0. The minimum absolute atomic E-state index is 1.30. The molecule has 0 atom stereocenters. The van der Waals surface area contributed by atoms with E-state index >= 15 is 0 Å². The van der Waals surface area contributed by atoms with Crippen molar-refractivity contribution in [3.05, 3.63) is 133 Å². The lowest BCUT2D eigenvalue weighted by Gasteiger charge is -2.19. The Morgan fingerprint density at radius 3 is 1.60 bits per heavy atom. The first kappa shape index (κ1) is 22.9. The van der Waals surface area contributed by atoms with E-state index in [1.165, 1.54) is 94.9 Å². The van der Waals surface area contributed by atoms with Crippen molar-refractivity contribution in [3.8, 4) is 22.3 Å². The molecule has 0 bridgehead atoms. The molecule has 0 radical (unpaired) electrons. The Labute approximate surface area is 250 Å². The lowest BCUT2D eigenvalue weighted by molar-refractivity contribution is 1.72. The van der Waals surface area contributed by atoms with E-state index in [4.69, 9.17) is 0 Å². The molecule has 0 nitrogen and oxygen atoms in total. The summed E-state index contributed by atoms with van der Waals surface area (Å²) >= 11 is 3.81. The van der Waals surface area contributed by atoms with Gasteiger partial charge >= 0.3 is 0 Å². The fourth-order valence-corrected chi connectivity index (χ4v) is 9.72. The number of benzene rings is 8. The quantitative estimate of drug-likeness (QED) is 0.144. The van der Waals surface area contributed by atoms with E-state index in [2.05, 4.69) is 133 Å². The largest absolute Gasteiger partial charge is 0.135 e. The average molecular weight is 567 g/mol. The maximum Gasteiger partial charge on any atom is 0.0434 e. The molecule has 0 saturated heterocycles. The van der Waals surface area contributed by atoms with Crippen LogP contribution in [0.15, 0.2) is 133 Å². The van der Waals surface area contributed by atoms with Gasteiger partial charge in [-0.15, -0.1) is 22.7 Å². The average Bonchev–Trinajstić information content (AvgIpc) is 3.62. The van der Waals surface area contributed by atoms with Crippen LogP contribution in [0.3, 0.4) is 0 Å². The summed E-state index contributed by atoms with van der Waals surface area (Å²) in [6, 6.07) is 49.8. The van der Waals surface area contributed by atoms with Crippen LogP contribution in [0.4, 0.5) is 0 Å². The number of fused-ring (bicyclic) bond motifs is 5. The van der Waals surface area contributed by atoms with Gasteiger partial charge in [0.2, 0.25) is 0 Å². The monoisotopic (exact) mass is 566 g/mol. The second-order valence-corrected chi connectivity index (χ2v) is 13.3. The predicted octanol–water partition coefficient (Wildman–Crippen LogP) is 12.7. The minimum atomic E-state index is 1.30. The standard InChI is InChI=1S/C40H22S2/c1-3-14-27-25(12-1)37(31-18-8-17-30-24-11-5-6-19-33(24)42-40(30)31)26-13-2-4-15-28(26)38(27)32-22-23-10-7-20-34-36(23)39-29(32)16-9-21-35(39)41-34/h1-22H. The molecular formula is C40H22S2. The first-order valence-corrected chi connectivity index (χ1v) is 16.0. The van der Waals surface area contributed by atoms with Crippen molar-refractivity contribution in [2.24, 2.45) is 0 Å². The number of hydrogen-bond donors (Lipinski definition) is 0. The SMILES string of the molecule is c1ccc2c(c1)sc1c(-c3c4ccccc4c(-c4cc5cccc6sc7cccc4c7c56)c4ccccc34)cccc12. The molecule has 42 heavy (non-hydrogen) atoms. The van der Waals surface area contributed by atoms with Crippen molar-refractivity contribution in [2.45, 2.75) is 0 Å². The summed E-state index contributed by atoms with van der Waals surface area (Å²) in [5.74, 6) is 0. The Kier molecular flexibility index (Phi) is 4.57. The van der Waals surface area contributed by atoms with Gasteiger partial charge in [0.25, 0.3) is 0 Å². The van der Waals surface area contributed by atoms with Gasteiger partial charge in [-0.25, -0.2) is 0 Å². The van der Waals surface area contributed by atoms with Gasteiger partial charge < -0.3 is 0 Å². The zero-order valence-electron chi connectivity index (χ0n) is 22.5. The highest BCUT2D eigenvalue weighted by atomic mass is 32.1. The maximum absolute atomic E-state index is 2.44. The van der Waals surface area contributed by atoms with Gasteiger partial charge in [-0.1, -0.05) is 109 Å². The molecule has 0 aliphatic heterocycles. The van der Waals surface area contributed by atoms with Crippen LogP contribution in [0.25, 0.3) is 94.9 Å². The Morgan fingerprint density at radius 1 is 0.333 bits per heavy atom. The van der Waals surface area contributed by atoms with Crippen LogP contribution in [-0.4, -0.2) is 0 Å². The third-order valence-electron chi connectivity index (χ3n) is 9.02. The van der Waals surface area contributed by atoms with Crippen molar-refractivity contribution in [1.29, 1.82) is 0 Å². The molecule has 194 valence electrons. The molecule has 0 fully saturated rings. The molecule has 2 heteroatoms. The summed E-state index contributed by atoms with van der Waals surface area (Å²) in [6.45, 7) is 0. The summed E-state index contributed by atoms with van der Waals surface area (Å²) < 4.78 is 5.43. The molecule has 0 N–H and O–H groups in total. The Bertz CT molecular complexity index is 2630. The van der Waals surface area contributed by atoms with Crippen molar-refractivity contribution in [3.63, 3.8) is 0 Å². The molecule has 0 aliphatic rings. The zero-order chi connectivity index (χ0) is 27.4. The van der Waals surface area contributed by atoms with E-state index in [0.29, 0.717) is 0 Å². The van der Waals surface area contributed by atoms with E-state index < -0.39 is 0 Å². The lowest BCUT2D eigenvalue weighted by atomic mass is 9.83. The summed E-state index contributed by atoms with van der Waals surface area (Å²) in [4.78, 5) is 0. The van der Waals surface area contributed by atoms with Gasteiger partial charge in [0, 0.05) is 45.9 Å². The van der Waals surface area contributed by atoms with Crippen molar-refractivity contribution in [2.75, 3.05) is 0 Å². The van der Waals surface area contributed by atoms with Gasteiger partial charge in [0.15, 0.2) is 0 Å².